The van der Waals surface area contributed by atoms with Crippen LogP contribution in [0.5, 0.6) is 11.5 Å². The number of methoxy groups -OCH3 is 1. The standard InChI is InChI=1S/C15H12F3NO3/c1-21-14(20)10-4-5-13(11(7-10)8-15(16,17)18)22-12-3-2-6-19-9-12/h2-7,9H,8H2,1H3. The molecular formula is C15H12F3NO3. The summed E-state index contributed by atoms with van der Waals surface area (Å²) in [7, 11) is 1.16. The second kappa shape index (κ2) is 6.46. The minimum Gasteiger partial charge on any atom is -0.465 e. The van der Waals surface area contributed by atoms with Gasteiger partial charge in [0.25, 0.3) is 0 Å². The molecule has 4 nitrogen and oxygen atoms in total. The highest BCUT2D eigenvalue weighted by atomic mass is 19.4. The van der Waals surface area contributed by atoms with Gasteiger partial charge in [-0.2, -0.15) is 13.2 Å². The van der Waals surface area contributed by atoms with Crippen molar-refractivity contribution in [1.29, 1.82) is 0 Å². The van der Waals surface area contributed by atoms with Crippen LogP contribution in [0.25, 0.3) is 0 Å². The van der Waals surface area contributed by atoms with Crippen molar-refractivity contribution in [3.8, 4) is 11.5 Å². The Balaban J connectivity index is 2.37. The van der Waals surface area contributed by atoms with Gasteiger partial charge in [-0.25, -0.2) is 4.79 Å². The van der Waals surface area contributed by atoms with Crippen LogP contribution in [0.2, 0.25) is 0 Å². The normalized spacial score (nSPS) is 11.1. The van der Waals surface area contributed by atoms with Gasteiger partial charge in [0.15, 0.2) is 0 Å². The highest BCUT2D eigenvalue weighted by Crippen LogP contribution is 2.31. The van der Waals surface area contributed by atoms with Crippen molar-refractivity contribution < 1.29 is 27.4 Å². The number of carbonyl (C=O) groups is 1. The van der Waals surface area contributed by atoms with Crippen molar-refractivity contribution >= 4 is 5.97 Å². The van der Waals surface area contributed by atoms with E-state index in [2.05, 4.69) is 9.72 Å². The minimum atomic E-state index is -4.43. The van der Waals surface area contributed by atoms with E-state index in [1.165, 1.54) is 24.5 Å². The predicted octanol–water partition coefficient (Wildman–Crippen LogP) is 3.77. The largest absolute Gasteiger partial charge is 0.465 e. The summed E-state index contributed by atoms with van der Waals surface area (Å²) in [5.74, 6) is -0.397. The van der Waals surface area contributed by atoms with Crippen LogP contribution in [0.1, 0.15) is 15.9 Å². The Morgan fingerprint density at radius 3 is 2.64 bits per heavy atom. The maximum atomic E-state index is 12.7. The molecule has 0 saturated heterocycles. The number of ether oxygens (including phenoxy) is 2. The third kappa shape index (κ3) is 4.21. The Labute approximate surface area is 124 Å². The number of alkyl halides is 3. The molecule has 0 aliphatic rings. The summed E-state index contributed by atoms with van der Waals surface area (Å²) < 4.78 is 48.0. The lowest BCUT2D eigenvalue weighted by molar-refractivity contribution is -0.127. The second-order valence-electron chi connectivity index (χ2n) is 4.40. The lowest BCUT2D eigenvalue weighted by atomic mass is 10.1. The first-order valence-electron chi connectivity index (χ1n) is 6.25. The molecule has 0 aliphatic heterocycles. The summed E-state index contributed by atoms with van der Waals surface area (Å²) in [5, 5.41) is 0. The molecule has 1 aromatic heterocycles. The molecule has 2 aromatic rings. The molecule has 2 rings (SSSR count). The number of rotatable bonds is 4. The van der Waals surface area contributed by atoms with Gasteiger partial charge in [0, 0.05) is 11.8 Å². The monoisotopic (exact) mass is 311 g/mol. The summed E-state index contributed by atoms with van der Waals surface area (Å²) in [6.07, 6.45) is -2.75. The molecule has 0 saturated carbocycles. The molecule has 0 spiro atoms. The molecule has 1 heterocycles. The maximum absolute atomic E-state index is 12.7. The highest BCUT2D eigenvalue weighted by Gasteiger charge is 2.30. The number of aromatic nitrogens is 1. The molecule has 0 atom stereocenters. The van der Waals surface area contributed by atoms with Crippen molar-refractivity contribution in [2.24, 2.45) is 0 Å². The number of esters is 1. The van der Waals surface area contributed by atoms with E-state index < -0.39 is 18.6 Å². The zero-order chi connectivity index (χ0) is 16.2. The van der Waals surface area contributed by atoms with Crippen LogP contribution in [0.4, 0.5) is 13.2 Å². The van der Waals surface area contributed by atoms with Gasteiger partial charge in [0.2, 0.25) is 0 Å². The fourth-order valence-corrected chi connectivity index (χ4v) is 1.81. The van der Waals surface area contributed by atoms with Crippen LogP contribution >= 0.6 is 0 Å². The Kier molecular flexibility index (Phi) is 4.65. The average molecular weight is 311 g/mol. The van der Waals surface area contributed by atoms with E-state index in [1.807, 2.05) is 0 Å². The summed E-state index contributed by atoms with van der Waals surface area (Å²) in [4.78, 5) is 15.3. The van der Waals surface area contributed by atoms with Gasteiger partial charge in [-0.1, -0.05) is 0 Å². The van der Waals surface area contributed by atoms with Crippen LogP contribution in [-0.4, -0.2) is 24.2 Å². The number of benzene rings is 1. The molecule has 1 aromatic carbocycles. The molecule has 0 unspecified atom stereocenters. The summed E-state index contributed by atoms with van der Waals surface area (Å²) >= 11 is 0. The van der Waals surface area contributed by atoms with Gasteiger partial charge in [-0.15, -0.1) is 0 Å². The Bertz CT molecular complexity index is 657. The fourth-order valence-electron chi connectivity index (χ4n) is 1.81. The van der Waals surface area contributed by atoms with E-state index in [1.54, 1.807) is 12.1 Å². The number of halogens is 3. The highest BCUT2D eigenvalue weighted by molar-refractivity contribution is 5.89. The van der Waals surface area contributed by atoms with Gasteiger partial charge < -0.3 is 9.47 Å². The van der Waals surface area contributed by atoms with E-state index in [-0.39, 0.29) is 16.9 Å². The van der Waals surface area contributed by atoms with E-state index in [9.17, 15) is 18.0 Å². The Morgan fingerprint density at radius 2 is 2.05 bits per heavy atom. The van der Waals surface area contributed by atoms with Crippen LogP contribution in [0, 0.1) is 0 Å². The third-order valence-electron chi connectivity index (χ3n) is 2.73. The lowest BCUT2D eigenvalue weighted by Crippen LogP contribution is -2.13. The smallest absolute Gasteiger partial charge is 0.393 e. The van der Waals surface area contributed by atoms with E-state index >= 15 is 0 Å². The van der Waals surface area contributed by atoms with Crippen molar-refractivity contribution in [2.75, 3.05) is 7.11 Å². The van der Waals surface area contributed by atoms with Gasteiger partial charge in [-0.3, -0.25) is 4.98 Å². The van der Waals surface area contributed by atoms with Crippen LogP contribution < -0.4 is 4.74 Å². The fraction of sp³-hybridized carbons (Fsp3) is 0.200. The summed E-state index contributed by atoms with van der Waals surface area (Å²) in [6.45, 7) is 0. The van der Waals surface area contributed by atoms with Crippen LogP contribution in [-0.2, 0) is 11.2 Å². The molecule has 116 valence electrons. The molecule has 7 heteroatoms. The Hall–Kier alpha value is -2.57. The van der Waals surface area contributed by atoms with Gasteiger partial charge in [0.1, 0.15) is 11.5 Å². The van der Waals surface area contributed by atoms with Crippen molar-refractivity contribution in [3.63, 3.8) is 0 Å². The van der Waals surface area contributed by atoms with Crippen LogP contribution in [0.15, 0.2) is 42.7 Å². The first kappa shape index (κ1) is 15.8. The number of hydrogen-bond donors (Lipinski definition) is 0. The quantitative estimate of drug-likeness (QED) is 0.807. The van der Waals surface area contributed by atoms with Crippen molar-refractivity contribution in [1.82, 2.24) is 4.98 Å². The summed E-state index contributed by atoms with van der Waals surface area (Å²) in [5.41, 5.74) is -0.125. The molecule has 22 heavy (non-hydrogen) atoms. The second-order valence-corrected chi connectivity index (χ2v) is 4.40. The van der Waals surface area contributed by atoms with Gasteiger partial charge in [0.05, 0.1) is 25.3 Å². The minimum absolute atomic E-state index is 0.0120. The first-order chi connectivity index (χ1) is 10.4. The SMILES string of the molecule is COC(=O)c1ccc(Oc2cccnc2)c(CC(F)(F)F)c1. The predicted molar refractivity (Wildman–Crippen MR) is 71.9 cm³/mol. The van der Waals surface area contributed by atoms with Crippen molar-refractivity contribution in [2.45, 2.75) is 12.6 Å². The molecule has 0 radical (unpaired) electrons. The van der Waals surface area contributed by atoms with E-state index in [4.69, 9.17) is 4.74 Å². The molecule has 0 fully saturated rings. The third-order valence-corrected chi connectivity index (χ3v) is 2.73. The lowest BCUT2D eigenvalue weighted by Gasteiger charge is -2.14. The first-order valence-corrected chi connectivity index (χ1v) is 6.25. The number of nitrogens with zero attached hydrogens (tertiary/aromatic N) is 1. The Morgan fingerprint density at radius 1 is 1.27 bits per heavy atom. The molecular weight excluding hydrogens is 299 g/mol. The van der Waals surface area contributed by atoms with Crippen molar-refractivity contribution in [3.05, 3.63) is 53.9 Å². The topological polar surface area (TPSA) is 48.4 Å². The number of carbonyl (C=O) groups excluding carboxylic acids is 1. The zero-order valence-electron chi connectivity index (χ0n) is 11.6. The number of pyridine rings is 1. The molecule has 0 amide bonds. The molecule has 0 aliphatic carbocycles. The molecule has 0 bridgehead atoms. The molecule has 0 N–H and O–H groups in total. The maximum Gasteiger partial charge on any atom is 0.393 e. The zero-order valence-corrected chi connectivity index (χ0v) is 11.6. The average Bonchev–Trinajstić information content (AvgIpc) is 2.48. The van der Waals surface area contributed by atoms with E-state index in [0.29, 0.717) is 5.75 Å². The summed E-state index contributed by atoms with van der Waals surface area (Å²) in [6, 6.07) is 6.93. The number of hydrogen-bond acceptors (Lipinski definition) is 4. The van der Waals surface area contributed by atoms with Crippen LogP contribution in [0.3, 0.4) is 0 Å². The van der Waals surface area contributed by atoms with Gasteiger partial charge in [-0.05, 0) is 30.3 Å². The van der Waals surface area contributed by atoms with Gasteiger partial charge >= 0.3 is 12.1 Å². The van der Waals surface area contributed by atoms with E-state index in [0.717, 1.165) is 13.2 Å².